The Hall–Kier alpha value is -2.72. The molecule has 0 aliphatic carbocycles. The van der Waals surface area contributed by atoms with E-state index >= 15 is 0 Å². The summed E-state index contributed by atoms with van der Waals surface area (Å²) in [6, 6.07) is 5.60. The highest BCUT2D eigenvalue weighted by Crippen LogP contribution is 2.33. The molecule has 0 unspecified atom stereocenters. The van der Waals surface area contributed by atoms with Crippen LogP contribution >= 0.6 is 23.1 Å². The van der Waals surface area contributed by atoms with Crippen molar-refractivity contribution in [2.45, 2.75) is 39.4 Å². The summed E-state index contributed by atoms with van der Waals surface area (Å²) in [5.41, 5.74) is 1.98. The maximum atomic E-state index is 12.6. The van der Waals surface area contributed by atoms with Crippen LogP contribution in [0.5, 0.6) is 0 Å². The number of anilines is 1. The summed E-state index contributed by atoms with van der Waals surface area (Å²) in [5.74, 6) is 0.151. The number of pyridine rings is 1. The fraction of sp³-hybridized carbons (Fsp3) is 0.350. The number of nitrogens with zero attached hydrogens (tertiary/aromatic N) is 4. The number of hydrogen-bond donors (Lipinski definition) is 1. The van der Waals surface area contributed by atoms with Gasteiger partial charge in [0.05, 0.1) is 17.9 Å². The zero-order valence-electron chi connectivity index (χ0n) is 17.3. The monoisotopic (exact) mass is 445 g/mol. The van der Waals surface area contributed by atoms with E-state index in [2.05, 4.69) is 20.5 Å². The van der Waals surface area contributed by atoms with Gasteiger partial charge in [-0.3, -0.25) is 9.78 Å². The minimum Gasteiger partial charge on any atom is -0.462 e. The number of thiophene rings is 1. The predicted molar refractivity (Wildman–Crippen MR) is 118 cm³/mol. The van der Waals surface area contributed by atoms with Crippen LogP contribution in [-0.2, 0) is 16.1 Å². The molecule has 3 rings (SSSR count). The molecule has 0 saturated heterocycles. The molecule has 10 heteroatoms. The predicted octanol–water partition coefficient (Wildman–Crippen LogP) is 3.95. The van der Waals surface area contributed by atoms with Gasteiger partial charge in [-0.15, -0.1) is 21.5 Å². The lowest BCUT2D eigenvalue weighted by molar-refractivity contribution is -0.113. The van der Waals surface area contributed by atoms with Gasteiger partial charge in [0.2, 0.25) is 5.91 Å². The normalized spacial score (nSPS) is 10.8. The van der Waals surface area contributed by atoms with E-state index in [9.17, 15) is 9.59 Å². The molecule has 3 heterocycles. The van der Waals surface area contributed by atoms with Crippen LogP contribution in [0.3, 0.4) is 0 Å². The van der Waals surface area contributed by atoms with Gasteiger partial charge in [-0.1, -0.05) is 17.8 Å². The third-order valence-corrected chi connectivity index (χ3v) is 6.47. The Bertz CT molecular complexity index is 1050. The van der Waals surface area contributed by atoms with Crippen molar-refractivity contribution in [3.8, 4) is 11.5 Å². The molecule has 1 N–H and O–H groups in total. The zero-order chi connectivity index (χ0) is 21.7. The molecular formula is C20H23N5O3S2. The van der Waals surface area contributed by atoms with Crippen molar-refractivity contribution in [2.24, 2.45) is 0 Å². The Labute approximate surface area is 183 Å². The molecule has 0 radical (unpaired) electrons. The van der Waals surface area contributed by atoms with Crippen molar-refractivity contribution in [3.05, 3.63) is 40.4 Å². The summed E-state index contributed by atoms with van der Waals surface area (Å²) in [5, 5.41) is 12.4. The number of carbonyl (C=O) groups is 2. The molecule has 0 bridgehead atoms. The van der Waals surface area contributed by atoms with Crippen LogP contribution in [0.15, 0.2) is 29.6 Å². The second kappa shape index (κ2) is 9.86. The zero-order valence-corrected chi connectivity index (χ0v) is 18.9. The maximum Gasteiger partial charge on any atom is 0.341 e. The standard InChI is InChI=1S/C20H23N5O3S2/c1-5-25-17(14-9-7-8-10-21-14)23-24-20(25)29-11-15(26)22-18-16(19(27)28-6-2)12(3)13(4)30-18/h7-10H,5-6,11H2,1-4H3,(H,22,26). The Morgan fingerprint density at radius 1 is 1.23 bits per heavy atom. The summed E-state index contributed by atoms with van der Waals surface area (Å²) in [6.45, 7) is 8.44. The van der Waals surface area contributed by atoms with Gasteiger partial charge in [-0.2, -0.15) is 0 Å². The number of amides is 1. The van der Waals surface area contributed by atoms with Gasteiger partial charge in [-0.25, -0.2) is 4.79 Å². The Balaban J connectivity index is 1.71. The van der Waals surface area contributed by atoms with E-state index in [-0.39, 0.29) is 18.3 Å². The van der Waals surface area contributed by atoms with Crippen molar-refractivity contribution in [1.82, 2.24) is 19.7 Å². The number of ether oxygens (including phenoxy) is 1. The van der Waals surface area contributed by atoms with Gasteiger partial charge in [0.15, 0.2) is 11.0 Å². The largest absolute Gasteiger partial charge is 0.462 e. The first kappa shape index (κ1) is 22.0. The lowest BCUT2D eigenvalue weighted by Crippen LogP contribution is -2.17. The summed E-state index contributed by atoms with van der Waals surface area (Å²) < 4.78 is 7.05. The molecule has 3 aromatic heterocycles. The highest BCUT2D eigenvalue weighted by molar-refractivity contribution is 7.99. The molecule has 0 spiro atoms. The lowest BCUT2D eigenvalue weighted by atomic mass is 10.1. The van der Waals surface area contributed by atoms with E-state index in [1.165, 1.54) is 23.1 Å². The van der Waals surface area contributed by atoms with E-state index in [1.807, 2.05) is 43.5 Å². The average Bonchev–Trinajstić information content (AvgIpc) is 3.27. The first-order valence-electron chi connectivity index (χ1n) is 9.50. The third-order valence-electron chi connectivity index (χ3n) is 4.38. The van der Waals surface area contributed by atoms with Crippen LogP contribution in [0.1, 0.15) is 34.6 Å². The van der Waals surface area contributed by atoms with Gasteiger partial charge in [0.1, 0.15) is 10.7 Å². The number of nitrogens with one attached hydrogen (secondary N) is 1. The van der Waals surface area contributed by atoms with E-state index in [4.69, 9.17) is 4.74 Å². The number of carbonyl (C=O) groups excluding carboxylic acids is 2. The van der Waals surface area contributed by atoms with Crippen molar-refractivity contribution in [2.75, 3.05) is 17.7 Å². The van der Waals surface area contributed by atoms with Crippen LogP contribution in [0.2, 0.25) is 0 Å². The van der Waals surface area contributed by atoms with E-state index in [0.717, 1.165) is 16.1 Å². The molecule has 0 atom stereocenters. The fourth-order valence-corrected chi connectivity index (χ4v) is 4.69. The molecule has 0 aliphatic rings. The molecule has 0 aliphatic heterocycles. The molecule has 30 heavy (non-hydrogen) atoms. The lowest BCUT2D eigenvalue weighted by Gasteiger charge is -2.08. The first-order chi connectivity index (χ1) is 14.5. The van der Waals surface area contributed by atoms with Crippen molar-refractivity contribution >= 4 is 40.0 Å². The quantitative estimate of drug-likeness (QED) is 0.414. The summed E-state index contributed by atoms with van der Waals surface area (Å²) in [6.07, 6.45) is 1.70. The summed E-state index contributed by atoms with van der Waals surface area (Å²) in [7, 11) is 0. The summed E-state index contributed by atoms with van der Waals surface area (Å²) in [4.78, 5) is 30.1. The number of rotatable bonds is 8. The van der Waals surface area contributed by atoms with Gasteiger partial charge < -0.3 is 14.6 Å². The molecular weight excluding hydrogens is 422 g/mol. The molecule has 0 aromatic carbocycles. The third kappa shape index (κ3) is 4.71. The van der Waals surface area contributed by atoms with Crippen LogP contribution in [0.25, 0.3) is 11.5 Å². The van der Waals surface area contributed by atoms with Crippen molar-refractivity contribution in [3.63, 3.8) is 0 Å². The Morgan fingerprint density at radius 3 is 2.70 bits per heavy atom. The number of hydrogen-bond acceptors (Lipinski definition) is 8. The van der Waals surface area contributed by atoms with Gasteiger partial charge >= 0.3 is 5.97 Å². The Morgan fingerprint density at radius 2 is 2.03 bits per heavy atom. The number of esters is 1. The SMILES string of the molecule is CCOC(=O)c1c(NC(=O)CSc2nnc(-c3ccccn3)n2CC)sc(C)c1C. The van der Waals surface area contributed by atoms with Crippen LogP contribution in [-0.4, -0.2) is 44.0 Å². The Kier molecular flexibility index (Phi) is 7.22. The molecule has 3 aromatic rings. The van der Waals surface area contributed by atoms with E-state index in [1.54, 1.807) is 13.1 Å². The molecule has 1 amide bonds. The molecule has 0 fully saturated rings. The maximum absolute atomic E-state index is 12.6. The second-order valence-corrected chi connectivity index (χ2v) is 8.48. The van der Waals surface area contributed by atoms with E-state index < -0.39 is 5.97 Å². The minimum absolute atomic E-state index is 0.138. The van der Waals surface area contributed by atoms with Gasteiger partial charge in [0, 0.05) is 17.6 Å². The number of aromatic nitrogens is 4. The molecule has 0 saturated carbocycles. The first-order valence-corrected chi connectivity index (χ1v) is 11.3. The van der Waals surface area contributed by atoms with Crippen LogP contribution in [0, 0.1) is 13.8 Å². The van der Waals surface area contributed by atoms with Crippen molar-refractivity contribution < 1.29 is 14.3 Å². The van der Waals surface area contributed by atoms with Crippen LogP contribution in [0.4, 0.5) is 5.00 Å². The van der Waals surface area contributed by atoms with Gasteiger partial charge in [-0.05, 0) is 45.4 Å². The van der Waals surface area contributed by atoms with Crippen molar-refractivity contribution in [1.29, 1.82) is 0 Å². The minimum atomic E-state index is -0.423. The van der Waals surface area contributed by atoms with Crippen LogP contribution < -0.4 is 5.32 Å². The smallest absolute Gasteiger partial charge is 0.341 e. The molecule has 8 nitrogen and oxygen atoms in total. The molecule has 158 valence electrons. The fourth-order valence-electron chi connectivity index (χ4n) is 2.82. The highest BCUT2D eigenvalue weighted by atomic mass is 32.2. The van der Waals surface area contributed by atoms with Gasteiger partial charge in [0.25, 0.3) is 0 Å². The topological polar surface area (TPSA) is 99.0 Å². The number of aryl methyl sites for hydroxylation is 1. The average molecular weight is 446 g/mol. The van der Waals surface area contributed by atoms with E-state index in [0.29, 0.717) is 28.1 Å². The second-order valence-electron chi connectivity index (χ2n) is 6.31. The highest BCUT2D eigenvalue weighted by Gasteiger charge is 2.22. The summed E-state index contributed by atoms with van der Waals surface area (Å²) >= 11 is 2.66. The number of thioether (sulfide) groups is 1.